The Bertz CT molecular complexity index is 1220. The molecular weight excluding hydrogens is 466 g/mol. The van der Waals surface area contributed by atoms with Gasteiger partial charge in [0, 0.05) is 35.3 Å². The summed E-state index contributed by atoms with van der Waals surface area (Å²) in [6, 6.07) is 7.92. The maximum Gasteiger partial charge on any atom is 0.224 e. The number of benzene rings is 1. The SMILES string of the molecule is CC1(C)C[C@@H](Nc2ncc3nc(Nc4cccc(Cl)c4)n(C4CCC(C(N)=O)CC4)c3n2)CCO1. The van der Waals surface area contributed by atoms with Crippen molar-refractivity contribution in [3.8, 4) is 0 Å². The molecular formula is C25H32ClN7O2. The molecule has 0 radical (unpaired) electrons. The first kappa shape index (κ1) is 23.8. The number of imidazole rings is 1. The Morgan fingerprint density at radius 2 is 2.00 bits per heavy atom. The van der Waals surface area contributed by atoms with Gasteiger partial charge in [0.1, 0.15) is 5.52 Å². The molecule has 1 aliphatic carbocycles. The number of carbonyl (C=O) groups excluding carboxylic acids is 1. The molecule has 0 unspecified atom stereocenters. The zero-order valence-corrected chi connectivity index (χ0v) is 20.9. The van der Waals surface area contributed by atoms with Gasteiger partial charge in [-0.2, -0.15) is 4.98 Å². The maximum atomic E-state index is 11.7. The molecule has 35 heavy (non-hydrogen) atoms. The van der Waals surface area contributed by atoms with E-state index in [4.69, 9.17) is 32.0 Å². The average molecular weight is 498 g/mol. The Kier molecular flexibility index (Phi) is 6.55. The van der Waals surface area contributed by atoms with E-state index in [-0.39, 0.29) is 29.5 Å². The van der Waals surface area contributed by atoms with E-state index in [2.05, 4.69) is 34.0 Å². The van der Waals surface area contributed by atoms with Crippen molar-refractivity contribution in [2.45, 2.75) is 70.1 Å². The Morgan fingerprint density at radius 3 is 2.71 bits per heavy atom. The molecule has 1 saturated carbocycles. The lowest BCUT2D eigenvalue weighted by Gasteiger charge is -2.35. The van der Waals surface area contributed by atoms with Crippen LogP contribution in [-0.2, 0) is 9.53 Å². The zero-order valence-electron chi connectivity index (χ0n) is 20.1. The van der Waals surface area contributed by atoms with E-state index in [0.717, 1.165) is 49.9 Å². The molecule has 9 nitrogen and oxygen atoms in total. The van der Waals surface area contributed by atoms with Gasteiger partial charge in [-0.25, -0.2) is 9.97 Å². The summed E-state index contributed by atoms with van der Waals surface area (Å²) in [6.45, 7) is 4.92. The number of rotatable bonds is 6. The lowest BCUT2D eigenvalue weighted by molar-refractivity contribution is -0.122. The van der Waals surface area contributed by atoms with Gasteiger partial charge in [0.25, 0.3) is 0 Å². The second-order valence-electron chi connectivity index (χ2n) is 10.2. The molecule has 0 spiro atoms. The molecule has 2 aromatic heterocycles. The predicted molar refractivity (Wildman–Crippen MR) is 137 cm³/mol. The third-order valence-corrected chi connectivity index (χ3v) is 7.24. The standard InChI is InChI=1S/C25H32ClN7O2/c1-25(2)13-18(10-11-35-25)29-23-28-14-20-22(32-23)33(19-8-6-15(7-9-19)21(27)34)24(31-20)30-17-5-3-4-16(26)12-17/h3-5,12,14-15,18-19H,6-11,13H2,1-2H3,(H2,27,34)(H,30,31)(H,28,29,32)/t15?,18-,19?/m0/s1. The third kappa shape index (κ3) is 5.36. The average Bonchev–Trinajstić information content (AvgIpc) is 3.15. The summed E-state index contributed by atoms with van der Waals surface area (Å²) in [5, 5.41) is 7.57. The van der Waals surface area contributed by atoms with Crippen LogP contribution >= 0.6 is 11.6 Å². The van der Waals surface area contributed by atoms with E-state index in [1.54, 1.807) is 6.20 Å². The Hall–Kier alpha value is -2.91. The van der Waals surface area contributed by atoms with E-state index in [1.807, 2.05) is 24.3 Å². The highest BCUT2D eigenvalue weighted by molar-refractivity contribution is 6.30. The van der Waals surface area contributed by atoms with Gasteiger partial charge >= 0.3 is 0 Å². The summed E-state index contributed by atoms with van der Waals surface area (Å²) < 4.78 is 8.00. The maximum absolute atomic E-state index is 11.7. The number of halogens is 1. The van der Waals surface area contributed by atoms with Crippen molar-refractivity contribution in [3.05, 3.63) is 35.5 Å². The van der Waals surface area contributed by atoms with Crippen molar-refractivity contribution in [3.63, 3.8) is 0 Å². The lowest BCUT2D eigenvalue weighted by Crippen LogP contribution is -2.40. The molecule has 0 bridgehead atoms. The fraction of sp³-hybridized carbons (Fsp3) is 0.520. The van der Waals surface area contributed by atoms with Gasteiger partial charge in [0.2, 0.25) is 17.8 Å². The number of amides is 1. The first-order chi connectivity index (χ1) is 16.8. The second-order valence-corrected chi connectivity index (χ2v) is 10.6. The highest BCUT2D eigenvalue weighted by atomic mass is 35.5. The summed E-state index contributed by atoms with van der Waals surface area (Å²) in [5.74, 6) is 0.975. The zero-order chi connectivity index (χ0) is 24.6. The number of primary amides is 1. The molecule has 2 fully saturated rings. The third-order valence-electron chi connectivity index (χ3n) is 7.01. The smallest absolute Gasteiger partial charge is 0.224 e. The molecule has 1 saturated heterocycles. The number of fused-ring (bicyclic) bond motifs is 1. The van der Waals surface area contributed by atoms with E-state index in [1.165, 1.54) is 0 Å². The normalized spacial score (nSPS) is 24.3. The molecule has 2 aliphatic rings. The van der Waals surface area contributed by atoms with E-state index in [9.17, 15) is 4.79 Å². The van der Waals surface area contributed by atoms with Crippen LogP contribution in [0, 0.1) is 5.92 Å². The van der Waals surface area contributed by atoms with Crippen LogP contribution in [0.4, 0.5) is 17.6 Å². The van der Waals surface area contributed by atoms with Crippen LogP contribution in [0.3, 0.4) is 0 Å². The number of hydrogen-bond acceptors (Lipinski definition) is 7. The fourth-order valence-electron chi connectivity index (χ4n) is 5.25. The molecule has 1 atom stereocenters. The van der Waals surface area contributed by atoms with Crippen molar-refractivity contribution in [2.75, 3.05) is 17.2 Å². The molecule has 10 heteroatoms. The minimum absolute atomic E-state index is 0.0749. The summed E-state index contributed by atoms with van der Waals surface area (Å²) >= 11 is 6.21. The van der Waals surface area contributed by atoms with E-state index < -0.39 is 0 Å². The first-order valence-electron chi connectivity index (χ1n) is 12.2. The summed E-state index contributed by atoms with van der Waals surface area (Å²) in [5.41, 5.74) is 7.72. The largest absolute Gasteiger partial charge is 0.375 e. The minimum Gasteiger partial charge on any atom is -0.375 e. The number of ether oxygens (including phenoxy) is 1. The van der Waals surface area contributed by atoms with Gasteiger partial charge in [-0.3, -0.25) is 9.36 Å². The van der Waals surface area contributed by atoms with Crippen LogP contribution in [-0.4, -0.2) is 43.7 Å². The summed E-state index contributed by atoms with van der Waals surface area (Å²) in [7, 11) is 0. The molecule has 1 amide bonds. The topological polar surface area (TPSA) is 120 Å². The van der Waals surface area contributed by atoms with Crippen LogP contribution in [0.25, 0.3) is 11.2 Å². The minimum atomic E-state index is -0.218. The highest BCUT2D eigenvalue weighted by Gasteiger charge is 2.31. The van der Waals surface area contributed by atoms with Crippen LogP contribution in [0.15, 0.2) is 30.5 Å². The first-order valence-corrected chi connectivity index (χ1v) is 12.6. The number of hydrogen-bond donors (Lipinski definition) is 3. The molecule has 1 aromatic carbocycles. The van der Waals surface area contributed by atoms with E-state index in [0.29, 0.717) is 29.0 Å². The Labute approximate surface area is 209 Å². The van der Waals surface area contributed by atoms with Crippen LogP contribution in [0.1, 0.15) is 58.4 Å². The second kappa shape index (κ2) is 9.62. The van der Waals surface area contributed by atoms with Crippen molar-refractivity contribution < 1.29 is 9.53 Å². The van der Waals surface area contributed by atoms with Crippen molar-refractivity contribution >= 4 is 46.3 Å². The number of nitrogens with two attached hydrogens (primary N) is 1. The molecule has 3 aromatic rings. The van der Waals surface area contributed by atoms with Gasteiger partial charge < -0.3 is 21.1 Å². The quantitative estimate of drug-likeness (QED) is 0.447. The van der Waals surface area contributed by atoms with E-state index >= 15 is 0 Å². The van der Waals surface area contributed by atoms with Gasteiger partial charge in [-0.1, -0.05) is 17.7 Å². The predicted octanol–water partition coefficient (Wildman–Crippen LogP) is 4.81. The van der Waals surface area contributed by atoms with Crippen LogP contribution in [0.5, 0.6) is 0 Å². The number of aromatic nitrogens is 4. The molecule has 5 rings (SSSR count). The number of carbonyl (C=O) groups is 1. The lowest BCUT2D eigenvalue weighted by atomic mass is 9.85. The van der Waals surface area contributed by atoms with Crippen molar-refractivity contribution in [1.82, 2.24) is 19.5 Å². The summed E-state index contributed by atoms with van der Waals surface area (Å²) in [6.07, 6.45) is 6.71. The number of nitrogens with zero attached hydrogens (tertiary/aromatic N) is 4. The van der Waals surface area contributed by atoms with Gasteiger partial charge in [0.05, 0.1) is 11.8 Å². The van der Waals surface area contributed by atoms with Crippen molar-refractivity contribution in [2.24, 2.45) is 11.7 Å². The number of nitrogens with one attached hydrogen (secondary N) is 2. The summed E-state index contributed by atoms with van der Waals surface area (Å²) in [4.78, 5) is 26.0. The molecule has 1 aliphatic heterocycles. The number of anilines is 3. The Balaban J connectivity index is 1.48. The Morgan fingerprint density at radius 1 is 1.20 bits per heavy atom. The molecule has 3 heterocycles. The van der Waals surface area contributed by atoms with Crippen LogP contribution in [0.2, 0.25) is 5.02 Å². The van der Waals surface area contributed by atoms with Crippen molar-refractivity contribution in [1.29, 1.82) is 0 Å². The van der Waals surface area contributed by atoms with Gasteiger partial charge in [0.15, 0.2) is 5.65 Å². The van der Waals surface area contributed by atoms with Gasteiger partial charge in [-0.05, 0) is 70.6 Å². The monoisotopic (exact) mass is 497 g/mol. The molecule has 4 N–H and O–H groups in total. The highest BCUT2D eigenvalue weighted by Crippen LogP contribution is 2.37. The van der Waals surface area contributed by atoms with Gasteiger partial charge in [-0.15, -0.1) is 0 Å². The fourth-order valence-corrected chi connectivity index (χ4v) is 5.44. The molecule has 186 valence electrons. The van der Waals surface area contributed by atoms with Crippen LogP contribution < -0.4 is 16.4 Å².